The molecule has 1 atom stereocenters. The number of esters is 1. The summed E-state index contributed by atoms with van der Waals surface area (Å²) < 4.78 is 4.85. The van der Waals surface area contributed by atoms with Crippen molar-refractivity contribution >= 4 is 11.9 Å². The normalized spacial score (nSPS) is 19.8. The third-order valence-corrected chi connectivity index (χ3v) is 5.53. The molecule has 3 rings (SSSR count). The second kappa shape index (κ2) is 8.67. The first-order valence-electron chi connectivity index (χ1n) is 9.73. The van der Waals surface area contributed by atoms with Gasteiger partial charge in [-0.3, -0.25) is 14.5 Å². The Hall–Kier alpha value is -1.88. The van der Waals surface area contributed by atoms with Crippen molar-refractivity contribution in [3.63, 3.8) is 0 Å². The summed E-state index contributed by atoms with van der Waals surface area (Å²) in [6.07, 6.45) is 3.93. The molecule has 0 radical (unpaired) electrons. The number of methoxy groups -OCH3 is 1. The maximum Gasteiger partial charge on any atom is 0.310 e. The van der Waals surface area contributed by atoms with Crippen LogP contribution in [0.1, 0.15) is 38.2 Å². The zero-order valence-electron chi connectivity index (χ0n) is 15.9. The molecule has 0 N–H and O–H groups in total. The van der Waals surface area contributed by atoms with Crippen molar-refractivity contribution in [1.82, 2.24) is 9.80 Å². The van der Waals surface area contributed by atoms with Gasteiger partial charge in [-0.05, 0) is 31.2 Å². The summed E-state index contributed by atoms with van der Waals surface area (Å²) in [7, 11) is 1.41. The van der Waals surface area contributed by atoms with E-state index in [0.29, 0.717) is 6.54 Å². The molecule has 26 heavy (non-hydrogen) atoms. The summed E-state index contributed by atoms with van der Waals surface area (Å²) in [6, 6.07) is 10.8. The van der Waals surface area contributed by atoms with Gasteiger partial charge in [0.2, 0.25) is 5.91 Å². The molecule has 1 aromatic carbocycles. The van der Waals surface area contributed by atoms with Gasteiger partial charge < -0.3 is 9.64 Å². The molecule has 1 aliphatic carbocycles. The Morgan fingerprint density at radius 2 is 1.81 bits per heavy atom. The van der Waals surface area contributed by atoms with Crippen molar-refractivity contribution in [3.05, 3.63) is 35.9 Å². The van der Waals surface area contributed by atoms with Gasteiger partial charge in [0.15, 0.2) is 0 Å². The molecule has 2 fully saturated rings. The van der Waals surface area contributed by atoms with Crippen LogP contribution in [0, 0.1) is 11.8 Å². The van der Waals surface area contributed by atoms with Crippen LogP contribution >= 0.6 is 0 Å². The minimum atomic E-state index is -0.273. The number of hydrogen-bond acceptors (Lipinski definition) is 4. The topological polar surface area (TPSA) is 49.9 Å². The molecule has 0 bridgehead atoms. The largest absolute Gasteiger partial charge is 0.469 e. The van der Waals surface area contributed by atoms with E-state index in [1.165, 1.54) is 12.7 Å². The molecule has 1 unspecified atom stereocenters. The fourth-order valence-corrected chi connectivity index (χ4v) is 3.79. The Kier molecular flexibility index (Phi) is 6.30. The van der Waals surface area contributed by atoms with Gasteiger partial charge in [-0.2, -0.15) is 0 Å². The van der Waals surface area contributed by atoms with Crippen LogP contribution in [0.2, 0.25) is 0 Å². The van der Waals surface area contributed by atoms with Crippen LogP contribution in [0.5, 0.6) is 0 Å². The highest BCUT2D eigenvalue weighted by Crippen LogP contribution is 2.33. The summed E-state index contributed by atoms with van der Waals surface area (Å²) in [4.78, 5) is 29.0. The summed E-state index contributed by atoms with van der Waals surface area (Å²) in [5.74, 6) is -0.0883. The molecular weight excluding hydrogens is 328 g/mol. The first-order valence-corrected chi connectivity index (χ1v) is 9.73. The van der Waals surface area contributed by atoms with Crippen LogP contribution in [-0.2, 0) is 20.9 Å². The number of nitrogens with zero attached hydrogens (tertiary/aromatic N) is 2. The monoisotopic (exact) mass is 358 g/mol. The van der Waals surface area contributed by atoms with E-state index in [2.05, 4.69) is 29.2 Å². The summed E-state index contributed by atoms with van der Waals surface area (Å²) >= 11 is 0. The molecule has 1 aliphatic heterocycles. The minimum Gasteiger partial charge on any atom is -0.469 e. The number of carbonyl (C=O) groups excluding carboxylic acids is 2. The highest BCUT2D eigenvalue weighted by atomic mass is 16.5. The lowest BCUT2D eigenvalue weighted by molar-refractivity contribution is -0.147. The summed E-state index contributed by atoms with van der Waals surface area (Å²) in [5.41, 5.74) is 1.33. The van der Waals surface area contributed by atoms with E-state index in [4.69, 9.17) is 4.74 Å². The second-order valence-electron chi connectivity index (χ2n) is 7.68. The predicted octanol–water partition coefficient (Wildman–Crippen LogP) is 2.70. The molecule has 2 aliphatic rings. The lowest BCUT2D eigenvalue weighted by Crippen LogP contribution is -2.49. The minimum absolute atomic E-state index is 0.183. The second-order valence-corrected chi connectivity index (χ2v) is 7.68. The average molecular weight is 358 g/mol. The molecule has 142 valence electrons. The third kappa shape index (κ3) is 4.85. The van der Waals surface area contributed by atoms with E-state index >= 15 is 0 Å². The third-order valence-electron chi connectivity index (χ3n) is 5.53. The zero-order chi connectivity index (χ0) is 18.5. The first kappa shape index (κ1) is 18.9. The predicted molar refractivity (Wildman–Crippen MR) is 100 cm³/mol. The van der Waals surface area contributed by atoms with E-state index in [9.17, 15) is 9.59 Å². The van der Waals surface area contributed by atoms with Crippen LogP contribution in [0.4, 0.5) is 0 Å². The quantitative estimate of drug-likeness (QED) is 0.703. The van der Waals surface area contributed by atoms with Crippen LogP contribution in [0.15, 0.2) is 30.3 Å². The SMILES string of the molecule is COC(=O)C(C)CN(C(=O)C1CC1)C1CCN(Cc2ccccc2)CC1. The van der Waals surface area contributed by atoms with Gasteiger partial charge in [-0.25, -0.2) is 0 Å². The number of likely N-dealkylation sites (tertiary alicyclic amines) is 1. The number of amides is 1. The molecule has 0 aromatic heterocycles. The Morgan fingerprint density at radius 1 is 1.15 bits per heavy atom. The highest BCUT2D eigenvalue weighted by molar-refractivity contribution is 5.82. The fourth-order valence-electron chi connectivity index (χ4n) is 3.79. The lowest BCUT2D eigenvalue weighted by atomic mass is 10.00. The smallest absolute Gasteiger partial charge is 0.310 e. The molecule has 1 saturated heterocycles. The van der Waals surface area contributed by atoms with Crippen molar-refractivity contribution in [1.29, 1.82) is 0 Å². The van der Waals surface area contributed by atoms with E-state index in [1.54, 1.807) is 0 Å². The van der Waals surface area contributed by atoms with Crippen molar-refractivity contribution in [2.24, 2.45) is 11.8 Å². The van der Waals surface area contributed by atoms with Crippen LogP contribution in [0.25, 0.3) is 0 Å². The molecule has 5 heteroatoms. The van der Waals surface area contributed by atoms with Gasteiger partial charge in [0.1, 0.15) is 0 Å². The fraction of sp³-hybridized carbons (Fsp3) is 0.619. The average Bonchev–Trinajstić information content (AvgIpc) is 3.51. The van der Waals surface area contributed by atoms with E-state index in [1.807, 2.05) is 17.9 Å². The number of benzene rings is 1. The molecule has 0 spiro atoms. The Balaban J connectivity index is 1.57. The Morgan fingerprint density at radius 3 is 2.38 bits per heavy atom. The van der Waals surface area contributed by atoms with Crippen LogP contribution in [-0.4, -0.2) is 54.5 Å². The first-order chi connectivity index (χ1) is 12.6. The molecular formula is C21H30N2O3. The summed E-state index contributed by atoms with van der Waals surface area (Å²) in [5, 5.41) is 0. The molecule has 1 heterocycles. The highest BCUT2D eigenvalue weighted by Gasteiger charge is 2.38. The van der Waals surface area contributed by atoms with Crippen LogP contribution < -0.4 is 0 Å². The van der Waals surface area contributed by atoms with Crippen molar-refractivity contribution in [2.45, 2.75) is 45.2 Å². The van der Waals surface area contributed by atoms with Gasteiger partial charge in [0.25, 0.3) is 0 Å². The number of hydrogen-bond donors (Lipinski definition) is 0. The maximum absolute atomic E-state index is 12.8. The molecule has 1 saturated carbocycles. The van der Waals surface area contributed by atoms with Crippen LogP contribution in [0.3, 0.4) is 0 Å². The zero-order valence-corrected chi connectivity index (χ0v) is 15.9. The number of ether oxygens (including phenoxy) is 1. The van der Waals surface area contributed by atoms with Gasteiger partial charge >= 0.3 is 5.97 Å². The molecule has 1 aromatic rings. The van der Waals surface area contributed by atoms with E-state index < -0.39 is 0 Å². The molecule has 1 amide bonds. The Bertz CT molecular complexity index is 607. The van der Waals surface area contributed by atoms with Gasteiger partial charge in [0.05, 0.1) is 13.0 Å². The summed E-state index contributed by atoms with van der Waals surface area (Å²) in [6.45, 7) is 5.26. The van der Waals surface area contributed by atoms with Crippen molar-refractivity contribution in [2.75, 3.05) is 26.7 Å². The Labute approximate surface area is 156 Å². The number of carbonyl (C=O) groups is 2. The standard InChI is InChI=1S/C21H30N2O3/c1-16(21(25)26-2)14-23(20(24)18-8-9-18)19-10-12-22(13-11-19)15-17-6-4-3-5-7-17/h3-7,16,18-19H,8-15H2,1-2H3. The number of rotatable bonds is 7. The maximum atomic E-state index is 12.8. The van der Waals surface area contributed by atoms with Gasteiger partial charge in [0, 0.05) is 38.1 Å². The number of piperidine rings is 1. The van der Waals surface area contributed by atoms with Gasteiger partial charge in [-0.15, -0.1) is 0 Å². The van der Waals surface area contributed by atoms with Crippen molar-refractivity contribution < 1.29 is 14.3 Å². The van der Waals surface area contributed by atoms with E-state index in [0.717, 1.165) is 45.3 Å². The van der Waals surface area contributed by atoms with Gasteiger partial charge in [-0.1, -0.05) is 37.3 Å². The lowest BCUT2D eigenvalue weighted by Gasteiger charge is -2.39. The van der Waals surface area contributed by atoms with E-state index in [-0.39, 0.29) is 29.8 Å². The molecule has 5 nitrogen and oxygen atoms in total. The van der Waals surface area contributed by atoms with Crippen molar-refractivity contribution in [3.8, 4) is 0 Å².